The van der Waals surface area contributed by atoms with Crippen molar-refractivity contribution < 1.29 is 4.74 Å². The van der Waals surface area contributed by atoms with Gasteiger partial charge in [0, 0.05) is 36.0 Å². The van der Waals surface area contributed by atoms with Gasteiger partial charge in [-0.25, -0.2) is 0 Å². The van der Waals surface area contributed by atoms with Crippen LogP contribution in [0.3, 0.4) is 0 Å². The van der Waals surface area contributed by atoms with Crippen molar-refractivity contribution in [1.82, 2.24) is 4.90 Å². The molecule has 0 unspecified atom stereocenters. The Morgan fingerprint density at radius 1 is 0.972 bits per heavy atom. The molecule has 4 rings (SSSR count). The molecule has 3 nitrogen and oxygen atoms in total. The number of nitrogens with zero attached hydrogens (tertiary/aromatic N) is 1. The van der Waals surface area contributed by atoms with Gasteiger partial charge in [0.15, 0.2) is 0 Å². The molecule has 1 saturated heterocycles. The van der Waals surface area contributed by atoms with Gasteiger partial charge in [0.1, 0.15) is 11.5 Å². The molecule has 188 valence electrons. The molecular weight excluding hydrogens is 440 g/mol. The van der Waals surface area contributed by atoms with Crippen LogP contribution in [-0.2, 0) is 0 Å². The van der Waals surface area contributed by atoms with Crippen LogP contribution < -0.4 is 10.5 Å². The maximum Gasteiger partial charge on any atom is 0.136 e. The average molecular weight is 481 g/mol. The summed E-state index contributed by atoms with van der Waals surface area (Å²) in [5.74, 6) is 4.47. The fourth-order valence-corrected chi connectivity index (χ4v) is 5.06. The fourth-order valence-electron chi connectivity index (χ4n) is 5.06. The number of allylic oxidation sites excluding steroid dienone is 9. The van der Waals surface area contributed by atoms with Gasteiger partial charge >= 0.3 is 0 Å². The first-order chi connectivity index (χ1) is 17.7. The van der Waals surface area contributed by atoms with Crippen molar-refractivity contribution in [2.75, 3.05) is 19.6 Å². The Morgan fingerprint density at radius 3 is 2.58 bits per heavy atom. The number of nitrogens with two attached hydrogens (primary N) is 1. The lowest BCUT2D eigenvalue weighted by Gasteiger charge is -2.20. The molecule has 0 radical (unpaired) electrons. The zero-order valence-electron chi connectivity index (χ0n) is 21.8. The van der Waals surface area contributed by atoms with Gasteiger partial charge in [-0.1, -0.05) is 47.4 Å². The summed E-state index contributed by atoms with van der Waals surface area (Å²) in [4.78, 5) is 2.49. The van der Waals surface area contributed by atoms with E-state index in [1.54, 1.807) is 0 Å². The van der Waals surface area contributed by atoms with E-state index in [4.69, 9.17) is 16.9 Å². The molecule has 0 saturated carbocycles. The quantitative estimate of drug-likeness (QED) is 0.430. The molecule has 1 aromatic rings. The number of hydrogen-bond donors (Lipinski definition) is 1. The highest BCUT2D eigenvalue weighted by molar-refractivity contribution is 5.79. The highest BCUT2D eigenvalue weighted by Crippen LogP contribution is 2.33. The molecule has 3 aliphatic rings. The SMILES string of the molecule is C#Cc1ccc(C2=C/CCC/C=C(CCN)/C=C\2)c(OC2=C/C(N3CCCC3)=C\CCC/C(C)=C\2)c1. The molecule has 0 spiro atoms. The molecule has 1 aromatic carbocycles. The molecule has 36 heavy (non-hydrogen) atoms. The van der Waals surface area contributed by atoms with Crippen molar-refractivity contribution in [3.63, 3.8) is 0 Å². The second kappa shape index (κ2) is 13.2. The van der Waals surface area contributed by atoms with E-state index in [1.165, 1.54) is 29.7 Å². The Balaban J connectivity index is 1.72. The zero-order chi connectivity index (χ0) is 25.2. The van der Waals surface area contributed by atoms with Crippen molar-refractivity contribution in [3.05, 3.63) is 94.5 Å². The van der Waals surface area contributed by atoms with Crippen LogP contribution in [0.25, 0.3) is 5.57 Å². The lowest BCUT2D eigenvalue weighted by molar-refractivity contribution is 0.418. The molecule has 1 heterocycles. The third-order valence-electron chi connectivity index (χ3n) is 7.05. The summed E-state index contributed by atoms with van der Waals surface area (Å²) in [5.41, 5.74) is 12.8. The minimum atomic E-state index is 0.660. The number of likely N-dealkylation sites (tertiary alicyclic amines) is 1. The Bertz CT molecular complexity index is 1150. The Hall–Kier alpha value is -3.22. The number of rotatable bonds is 6. The second-order valence-corrected chi connectivity index (χ2v) is 9.95. The summed E-state index contributed by atoms with van der Waals surface area (Å²) in [6.45, 7) is 5.10. The summed E-state index contributed by atoms with van der Waals surface area (Å²) in [5, 5.41) is 0. The Morgan fingerprint density at radius 2 is 1.78 bits per heavy atom. The highest BCUT2D eigenvalue weighted by atomic mass is 16.5. The zero-order valence-corrected chi connectivity index (χ0v) is 21.8. The molecule has 0 aromatic heterocycles. The fraction of sp³-hybridized carbons (Fsp3) is 0.394. The van der Waals surface area contributed by atoms with Gasteiger partial charge in [0.2, 0.25) is 0 Å². The summed E-state index contributed by atoms with van der Waals surface area (Å²) in [6.07, 6.45) is 31.6. The number of terminal acetylenes is 1. The molecular formula is C33H40N2O. The smallest absolute Gasteiger partial charge is 0.136 e. The van der Waals surface area contributed by atoms with E-state index in [-0.39, 0.29) is 0 Å². The van der Waals surface area contributed by atoms with Gasteiger partial charge < -0.3 is 15.4 Å². The van der Waals surface area contributed by atoms with E-state index in [0.29, 0.717) is 6.54 Å². The van der Waals surface area contributed by atoms with Crippen LogP contribution in [0.1, 0.15) is 75.8 Å². The predicted molar refractivity (Wildman–Crippen MR) is 152 cm³/mol. The normalized spacial score (nSPS) is 27.2. The minimum Gasteiger partial charge on any atom is -0.457 e. The van der Waals surface area contributed by atoms with Crippen LogP contribution in [0, 0.1) is 12.3 Å². The monoisotopic (exact) mass is 480 g/mol. The standard InChI is InChI=1S/C33H40N2O/c1-3-27-16-18-32(29-13-6-4-5-12-28(15-17-29)19-20-34)33(24-27)36-31-23-26(2)11-7-8-14-30(25-31)35-21-9-10-22-35/h1,12-18,23-25H,4-11,19-22,34H2,2H3/b17-15-,26-23-,28-12-,29-13+,30-14+,31-25+. The van der Waals surface area contributed by atoms with E-state index in [2.05, 4.69) is 66.3 Å². The number of hydrogen-bond acceptors (Lipinski definition) is 3. The van der Waals surface area contributed by atoms with Crippen molar-refractivity contribution in [2.24, 2.45) is 5.73 Å². The van der Waals surface area contributed by atoms with Crippen molar-refractivity contribution in [1.29, 1.82) is 0 Å². The Labute approximate surface area is 217 Å². The lowest BCUT2D eigenvalue weighted by Crippen LogP contribution is -2.18. The Kier molecular flexibility index (Phi) is 9.47. The summed E-state index contributed by atoms with van der Waals surface area (Å²) < 4.78 is 6.72. The molecule has 3 heteroatoms. The van der Waals surface area contributed by atoms with E-state index in [9.17, 15) is 0 Å². The summed E-state index contributed by atoms with van der Waals surface area (Å²) in [7, 11) is 0. The van der Waals surface area contributed by atoms with Gasteiger partial charge in [0.05, 0.1) is 0 Å². The molecule has 1 fully saturated rings. The van der Waals surface area contributed by atoms with Gasteiger partial charge in [-0.05, 0) is 101 Å². The van der Waals surface area contributed by atoms with Gasteiger partial charge in [-0.15, -0.1) is 6.42 Å². The van der Waals surface area contributed by atoms with Crippen LogP contribution in [0.5, 0.6) is 5.75 Å². The summed E-state index contributed by atoms with van der Waals surface area (Å²) >= 11 is 0. The van der Waals surface area contributed by atoms with Crippen LogP contribution in [0.15, 0.2) is 83.3 Å². The lowest BCUT2D eigenvalue weighted by atomic mass is 10.00. The predicted octanol–water partition coefficient (Wildman–Crippen LogP) is 7.44. The maximum atomic E-state index is 6.72. The van der Waals surface area contributed by atoms with Crippen molar-refractivity contribution in [2.45, 2.75) is 64.7 Å². The third kappa shape index (κ3) is 7.15. The van der Waals surface area contributed by atoms with Gasteiger partial charge in [-0.3, -0.25) is 0 Å². The first-order valence-corrected chi connectivity index (χ1v) is 13.6. The number of benzene rings is 1. The molecule has 2 aliphatic carbocycles. The van der Waals surface area contributed by atoms with Crippen LogP contribution in [-0.4, -0.2) is 24.5 Å². The minimum absolute atomic E-state index is 0.660. The van der Waals surface area contributed by atoms with Gasteiger partial charge in [0.25, 0.3) is 0 Å². The first-order valence-electron chi connectivity index (χ1n) is 13.6. The molecule has 0 amide bonds. The van der Waals surface area contributed by atoms with E-state index in [1.807, 2.05) is 12.1 Å². The van der Waals surface area contributed by atoms with E-state index >= 15 is 0 Å². The molecule has 2 N–H and O–H groups in total. The van der Waals surface area contributed by atoms with E-state index < -0.39 is 0 Å². The summed E-state index contributed by atoms with van der Waals surface area (Å²) in [6, 6.07) is 6.12. The number of ether oxygens (including phenoxy) is 1. The molecule has 1 aliphatic heterocycles. The molecule has 0 bridgehead atoms. The van der Waals surface area contributed by atoms with E-state index in [0.717, 1.165) is 86.2 Å². The van der Waals surface area contributed by atoms with Crippen LogP contribution >= 0.6 is 0 Å². The van der Waals surface area contributed by atoms with Crippen LogP contribution in [0.2, 0.25) is 0 Å². The van der Waals surface area contributed by atoms with Crippen LogP contribution in [0.4, 0.5) is 0 Å². The first kappa shape index (κ1) is 25.9. The highest BCUT2D eigenvalue weighted by Gasteiger charge is 2.16. The maximum absolute atomic E-state index is 6.72. The largest absolute Gasteiger partial charge is 0.457 e. The average Bonchev–Trinajstić information content (AvgIpc) is 3.46. The third-order valence-corrected chi connectivity index (χ3v) is 7.05. The van der Waals surface area contributed by atoms with Gasteiger partial charge in [-0.2, -0.15) is 0 Å². The van der Waals surface area contributed by atoms with Crippen molar-refractivity contribution in [3.8, 4) is 18.1 Å². The second-order valence-electron chi connectivity index (χ2n) is 9.95. The van der Waals surface area contributed by atoms with Crippen molar-refractivity contribution >= 4 is 5.57 Å². The molecule has 0 atom stereocenters. The topological polar surface area (TPSA) is 38.5 Å².